The van der Waals surface area contributed by atoms with E-state index in [1.807, 2.05) is 12.1 Å². The predicted octanol–water partition coefficient (Wildman–Crippen LogP) is 11.1. The maximum Gasteiger partial charge on any atom is 0.197 e. The molecule has 1 aliphatic carbocycles. The van der Waals surface area contributed by atoms with Gasteiger partial charge in [0.05, 0.1) is 16.9 Å². The van der Waals surface area contributed by atoms with E-state index in [1.54, 1.807) is 30.3 Å². The van der Waals surface area contributed by atoms with Gasteiger partial charge in [-0.3, -0.25) is 9.59 Å². The lowest BCUT2D eigenvalue weighted by Gasteiger charge is -2.28. The van der Waals surface area contributed by atoms with Gasteiger partial charge in [-0.15, -0.1) is 0 Å². The van der Waals surface area contributed by atoms with Gasteiger partial charge in [0.2, 0.25) is 0 Å². The van der Waals surface area contributed by atoms with Crippen LogP contribution < -0.4 is 4.90 Å². The summed E-state index contributed by atoms with van der Waals surface area (Å²) in [5.41, 5.74) is 11.8. The molecule has 0 saturated heterocycles. The van der Waals surface area contributed by atoms with Gasteiger partial charge in [0, 0.05) is 27.9 Å². The number of anilines is 3. The summed E-state index contributed by atoms with van der Waals surface area (Å²) < 4.78 is 0. The molecule has 1 aliphatic heterocycles. The van der Waals surface area contributed by atoms with Crippen LogP contribution in [-0.2, 0) is 0 Å². The summed E-state index contributed by atoms with van der Waals surface area (Å²) in [6.45, 7) is 0. The zero-order valence-corrected chi connectivity index (χ0v) is 25.4. The van der Waals surface area contributed by atoms with Crippen molar-refractivity contribution in [3.8, 4) is 33.4 Å². The number of carbonyl (C=O) groups is 2. The Labute approximate surface area is 272 Å². The molecular formula is C44H27NO2. The molecule has 0 saturated carbocycles. The Morgan fingerprint density at radius 2 is 1.04 bits per heavy atom. The van der Waals surface area contributed by atoms with E-state index >= 15 is 0 Å². The van der Waals surface area contributed by atoms with E-state index in [9.17, 15) is 9.59 Å². The van der Waals surface area contributed by atoms with E-state index < -0.39 is 0 Å². The molecule has 7 aromatic rings. The summed E-state index contributed by atoms with van der Waals surface area (Å²) in [5, 5.41) is 2.35. The molecule has 0 fully saturated rings. The van der Waals surface area contributed by atoms with Gasteiger partial charge in [-0.1, -0.05) is 127 Å². The number of Topliss-reactive ketones (excluding diaryl/α,β-unsaturated/α-hetero) is 2. The van der Waals surface area contributed by atoms with Gasteiger partial charge in [-0.25, -0.2) is 0 Å². The maximum absolute atomic E-state index is 13.3. The van der Waals surface area contributed by atoms with Gasteiger partial charge in [0.25, 0.3) is 0 Å². The normalized spacial score (nSPS) is 13.1. The number of hydrogen-bond donors (Lipinski definition) is 0. The lowest BCUT2D eigenvalue weighted by atomic mass is 9.90. The molecule has 0 atom stereocenters. The predicted molar refractivity (Wildman–Crippen MR) is 192 cm³/mol. The molecule has 1 heterocycles. The second-order valence-electron chi connectivity index (χ2n) is 12.0. The maximum atomic E-state index is 13.3. The summed E-state index contributed by atoms with van der Waals surface area (Å²) in [7, 11) is 0. The average Bonchev–Trinajstić information content (AvgIpc) is 3.29. The zero-order chi connectivity index (χ0) is 31.5. The van der Waals surface area contributed by atoms with Gasteiger partial charge < -0.3 is 4.90 Å². The number of allylic oxidation sites excluding steroid dienone is 1. The van der Waals surface area contributed by atoms with Crippen molar-refractivity contribution < 1.29 is 9.59 Å². The van der Waals surface area contributed by atoms with E-state index in [0.29, 0.717) is 11.1 Å². The van der Waals surface area contributed by atoms with Crippen molar-refractivity contribution in [2.24, 2.45) is 0 Å². The first-order valence-electron chi connectivity index (χ1n) is 15.8. The van der Waals surface area contributed by atoms with Gasteiger partial charge in [0.15, 0.2) is 11.6 Å². The molecule has 0 unspecified atom stereocenters. The topological polar surface area (TPSA) is 37.4 Å². The number of benzene rings is 7. The Balaban J connectivity index is 1.28. The van der Waals surface area contributed by atoms with E-state index in [0.717, 1.165) is 44.9 Å². The van der Waals surface area contributed by atoms with Crippen LogP contribution in [0.25, 0.3) is 50.2 Å². The fourth-order valence-electron chi connectivity index (χ4n) is 7.13. The summed E-state index contributed by atoms with van der Waals surface area (Å²) in [5.74, 6) is -0.445. The van der Waals surface area contributed by atoms with E-state index in [1.165, 1.54) is 21.9 Å². The number of rotatable bonds is 3. The van der Waals surface area contributed by atoms with Crippen molar-refractivity contribution in [2.75, 3.05) is 4.90 Å². The van der Waals surface area contributed by atoms with Crippen LogP contribution in [0.2, 0.25) is 0 Å². The molecule has 0 N–H and O–H groups in total. The summed E-state index contributed by atoms with van der Waals surface area (Å²) in [6.07, 6.45) is 1.75. The average molecular weight is 602 g/mol. The van der Waals surface area contributed by atoms with Crippen LogP contribution in [0.4, 0.5) is 17.1 Å². The molecule has 0 spiro atoms. The number of ketones is 2. The SMILES string of the molecule is O=C1C(=Cc2ccc3c(c2)-c2ccccc2-c2c(ccc4ccccc24)N3c2ccc(-c3ccccc3)cc2)C(=O)c2ccccc21. The Kier molecular flexibility index (Phi) is 6.12. The molecule has 3 heteroatoms. The zero-order valence-electron chi connectivity index (χ0n) is 25.4. The lowest BCUT2D eigenvalue weighted by Crippen LogP contribution is -2.11. The van der Waals surface area contributed by atoms with E-state index in [-0.39, 0.29) is 17.1 Å². The second-order valence-corrected chi connectivity index (χ2v) is 12.0. The first-order valence-corrected chi connectivity index (χ1v) is 15.8. The molecule has 220 valence electrons. The highest BCUT2D eigenvalue weighted by Gasteiger charge is 2.33. The Bertz CT molecular complexity index is 2400. The minimum Gasteiger partial charge on any atom is -0.309 e. The Morgan fingerprint density at radius 3 is 1.79 bits per heavy atom. The standard InChI is InChI=1S/C44H27NO2/c46-43-36-16-8-9-17-37(36)44(47)39(43)27-28-18-24-40-38(26-28)34-14-6-7-15-35(34)42-33-13-5-4-12-31(33)21-25-41(42)45(40)32-22-19-30(20-23-32)29-10-2-1-3-11-29/h1-27H. The third kappa shape index (κ3) is 4.28. The van der Waals surface area contributed by atoms with Crippen LogP contribution in [-0.4, -0.2) is 11.6 Å². The molecule has 0 radical (unpaired) electrons. The third-order valence-electron chi connectivity index (χ3n) is 9.35. The number of fused-ring (bicyclic) bond motifs is 8. The van der Waals surface area contributed by atoms with Crippen LogP contribution in [0.15, 0.2) is 163 Å². The van der Waals surface area contributed by atoms with Gasteiger partial charge >= 0.3 is 0 Å². The molecule has 7 aromatic carbocycles. The van der Waals surface area contributed by atoms with Gasteiger partial charge in [-0.05, 0) is 75.0 Å². The minimum atomic E-state index is -0.222. The molecule has 0 amide bonds. The van der Waals surface area contributed by atoms with Crippen LogP contribution >= 0.6 is 0 Å². The third-order valence-corrected chi connectivity index (χ3v) is 9.35. The van der Waals surface area contributed by atoms with E-state index in [4.69, 9.17) is 0 Å². The van der Waals surface area contributed by atoms with Crippen LogP contribution in [0.3, 0.4) is 0 Å². The summed E-state index contributed by atoms with van der Waals surface area (Å²) in [4.78, 5) is 28.9. The van der Waals surface area contributed by atoms with Crippen LogP contribution in [0.5, 0.6) is 0 Å². The molecule has 9 rings (SSSR count). The van der Waals surface area contributed by atoms with E-state index in [2.05, 4.69) is 126 Å². The summed E-state index contributed by atoms with van der Waals surface area (Å²) in [6, 6.07) is 53.9. The first kappa shape index (κ1) is 27.0. The van der Waals surface area contributed by atoms with Gasteiger partial charge in [-0.2, -0.15) is 0 Å². The van der Waals surface area contributed by atoms with Crippen molar-refractivity contribution in [2.45, 2.75) is 0 Å². The highest BCUT2D eigenvalue weighted by Crippen LogP contribution is 2.53. The lowest BCUT2D eigenvalue weighted by molar-refractivity contribution is 0.0990. The molecular weight excluding hydrogens is 574 g/mol. The van der Waals surface area contributed by atoms with Crippen LogP contribution in [0, 0.1) is 0 Å². The Morgan fingerprint density at radius 1 is 0.447 bits per heavy atom. The number of nitrogens with zero attached hydrogens (tertiary/aromatic N) is 1. The van der Waals surface area contributed by atoms with Crippen LogP contribution in [0.1, 0.15) is 26.3 Å². The van der Waals surface area contributed by atoms with Crippen molar-refractivity contribution in [3.05, 3.63) is 180 Å². The molecule has 2 aliphatic rings. The second kappa shape index (κ2) is 10.6. The summed E-state index contributed by atoms with van der Waals surface area (Å²) >= 11 is 0. The highest BCUT2D eigenvalue weighted by atomic mass is 16.2. The number of hydrogen-bond acceptors (Lipinski definition) is 3. The first-order chi connectivity index (χ1) is 23.2. The molecule has 0 bridgehead atoms. The van der Waals surface area contributed by atoms with Crippen molar-refractivity contribution in [3.63, 3.8) is 0 Å². The van der Waals surface area contributed by atoms with Gasteiger partial charge in [0.1, 0.15) is 0 Å². The monoisotopic (exact) mass is 601 g/mol. The largest absolute Gasteiger partial charge is 0.309 e. The fraction of sp³-hybridized carbons (Fsp3) is 0. The fourth-order valence-corrected chi connectivity index (χ4v) is 7.13. The molecule has 47 heavy (non-hydrogen) atoms. The number of carbonyl (C=O) groups excluding carboxylic acids is 2. The Hall–Kier alpha value is -6.32. The minimum absolute atomic E-state index is 0.204. The highest BCUT2D eigenvalue weighted by molar-refractivity contribution is 6.41. The van der Waals surface area contributed by atoms with Crippen molar-refractivity contribution in [1.29, 1.82) is 0 Å². The smallest absolute Gasteiger partial charge is 0.197 e. The molecule has 0 aromatic heterocycles. The molecule has 3 nitrogen and oxygen atoms in total. The quantitative estimate of drug-likeness (QED) is 0.149. The van der Waals surface area contributed by atoms with Crippen molar-refractivity contribution in [1.82, 2.24) is 0 Å². The van der Waals surface area contributed by atoms with Crippen molar-refractivity contribution >= 4 is 45.5 Å².